The third kappa shape index (κ3) is 3.26. The number of hydrogen-bond donors (Lipinski definition) is 1. The molecule has 1 saturated carbocycles. The molecular weight excluding hydrogens is 250 g/mol. The molecule has 0 atom stereocenters. The second-order valence-corrected chi connectivity index (χ2v) is 6.16. The van der Waals surface area contributed by atoms with E-state index in [4.69, 9.17) is 0 Å². The summed E-state index contributed by atoms with van der Waals surface area (Å²) in [7, 11) is 1.94. The Bertz CT molecular complexity index is 381. The van der Waals surface area contributed by atoms with E-state index in [1.54, 1.807) is 0 Å². The SMILES string of the molecule is CN(C(=O)c1cc(S)cs1)C1CCCCCC1. The topological polar surface area (TPSA) is 20.3 Å². The molecule has 1 aromatic rings. The molecule has 1 aromatic heterocycles. The van der Waals surface area contributed by atoms with Gasteiger partial charge < -0.3 is 4.90 Å². The largest absolute Gasteiger partial charge is 0.338 e. The van der Waals surface area contributed by atoms with E-state index in [-0.39, 0.29) is 5.91 Å². The number of thiol groups is 1. The molecule has 1 aliphatic rings. The first-order valence-electron chi connectivity index (χ1n) is 6.23. The molecule has 1 aliphatic carbocycles. The zero-order valence-corrected chi connectivity index (χ0v) is 11.9. The van der Waals surface area contributed by atoms with Gasteiger partial charge >= 0.3 is 0 Å². The highest BCUT2D eigenvalue weighted by atomic mass is 32.1. The fraction of sp³-hybridized carbons (Fsp3) is 0.615. The number of nitrogens with zero attached hydrogens (tertiary/aromatic N) is 1. The van der Waals surface area contributed by atoms with Crippen LogP contribution >= 0.6 is 24.0 Å². The summed E-state index contributed by atoms with van der Waals surface area (Å²) in [6.07, 6.45) is 7.45. The van der Waals surface area contributed by atoms with Crippen molar-refractivity contribution in [2.24, 2.45) is 0 Å². The highest BCUT2D eigenvalue weighted by molar-refractivity contribution is 7.80. The van der Waals surface area contributed by atoms with Gasteiger partial charge in [-0.2, -0.15) is 0 Å². The van der Waals surface area contributed by atoms with Crippen molar-refractivity contribution in [1.29, 1.82) is 0 Å². The molecule has 17 heavy (non-hydrogen) atoms. The molecule has 1 fully saturated rings. The molecular formula is C13H19NOS2. The molecule has 0 saturated heterocycles. The van der Waals surface area contributed by atoms with Crippen LogP contribution in [0.1, 0.15) is 48.2 Å². The Hall–Kier alpha value is -0.480. The Balaban J connectivity index is 2.03. The fourth-order valence-corrected chi connectivity index (χ4v) is 3.55. The highest BCUT2D eigenvalue weighted by Crippen LogP contribution is 2.24. The van der Waals surface area contributed by atoms with Crippen LogP contribution in [0.25, 0.3) is 0 Å². The maximum atomic E-state index is 12.3. The van der Waals surface area contributed by atoms with Crippen LogP contribution in [-0.4, -0.2) is 23.9 Å². The molecule has 0 spiro atoms. The summed E-state index contributed by atoms with van der Waals surface area (Å²) in [5.74, 6) is 0.155. The molecule has 94 valence electrons. The predicted molar refractivity (Wildman–Crippen MR) is 75.2 cm³/mol. The molecule has 0 aliphatic heterocycles. The quantitative estimate of drug-likeness (QED) is 0.639. The third-order valence-corrected chi connectivity index (χ3v) is 4.84. The molecule has 2 nitrogen and oxygen atoms in total. The zero-order valence-electron chi connectivity index (χ0n) is 10.2. The molecule has 0 aromatic carbocycles. The summed E-state index contributed by atoms with van der Waals surface area (Å²) in [6.45, 7) is 0. The molecule has 1 amide bonds. The maximum absolute atomic E-state index is 12.3. The number of thiophene rings is 1. The van der Waals surface area contributed by atoms with E-state index in [2.05, 4.69) is 12.6 Å². The second kappa shape index (κ2) is 5.91. The Labute approximate surface area is 112 Å². The van der Waals surface area contributed by atoms with Crippen LogP contribution in [0.5, 0.6) is 0 Å². The van der Waals surface area contributed by atoms with Crippen molar-refractivity contribution in [3.8, 4) is 0 Å². The molecule has 4 heteroatoms. The Morgan fingerprint density at radius 2 is 2.00 bits per heavy atom. The molecule has 0 unspecified atom stereocenters. The summed E-state index contributed by atoms with van der Waals surface area (Å²) in [4.78, 5) is 15.9. The summed E-state index contributed by atoms with van der Waals surface area (Å²) in [5.41, 5.74) is 0. The van der Waals surface area contributed by atoms with Gasteiger partial charge in [0.15, 0.2) is 0 Å². The average Bonchev–Trinajstić information content (AvgIpc) is 2.60. The lowest BCUT2D eigenvalue weighted by atomic mass is 10.1. The van der Waals surface area contributed by atoms with Crippen molar-refractivity contribution in [2.45, 2.75) is 49.5 Å². The fourth-order valence-electron chi connectivity index (χ4n) is 2.42. The predicted octanol–water partition coefficient (Wildman–Crippen LogP) is 3.83. The van der Waals surface area contributed by atoms with Crippen LogP contribution in [0.2, 0.25) is 0 Å². The average molecular weight is 269 g/mol. The second-order valence-electron chi connectivity index (χ2n) is 4.73. The van der Waals surface area contributed by atoms with E-state index in [9.17, 15) is 4.79 Å². The molecule has 0 N–H and O–H groups in total. The van der Waals surface area contributed by atoms with E-state index >= 15 is 0 Å². The third-order valence-electron chi connectivity index (χ3n) is 3.49. The van der Waals surface area contributed by atoms with Crippen LogP contribution in [0.4, 0.5) is 0 Å². The van der Waals surface area contributed by atoms with Gasteiger partial charge in [0, 0.05) is 23.4 Å². The summed E-state index contributed by atoms with van der Waals surface area (Å²) < 4.78 is 0. The van der Waals surface area contributed by atoms with Crippen LogP contribution in [0, 0.1) is 0 Å². The minimum absolute atomic E-state index is 0.155. The Morgan fingerprint density at radius 1 is 1.35 bits per heavy atom. The van der Waals surface area contributed by atoms with Gasteiger partial charge in [0.25, 0.3) is 5.91 Å². The van der Waals surface area contributed by atoms with Crippen LogP contribution in [-0.2, 0) is 0 Å². The van der Waals surface area contributed by atoms with E-state index in [0.29, 0.717) is 6.04 Å². The van der Waals surface area contributed by atoms with Crippen molar-refractivity contribution >= 4 is 29.9 Å². The first kappa shape index (κ1) is 13.0. The van der Waals surface area contributed by atoms with Crippen LogP contribution in [0.15, 0.2) is 16.3 Å². The van der Waals surface area contributed by atoms with Gasteiger partial charge in [-0.15, -0.1) is 24.0 Å². The number of rotatable bonds is 2. The standard InChI is InChI=1S/C13H19NOS2/c1-14(10-6-4-2-3-5-7-10)13(15)12-8-11(16)9-17-12/h8-10,16H,2-7H2,1H3. The normalized spacial score (nSPS) is 17.8. The summed E-state index contributed by atoms with van der Waals surface area (Å²) in [6, 6.07) is 2.29. The number of amides is 1. The lowest BCUT2D eigenvalue weighted by Crippen LogP contribution is -2.36. The lowest BCUT2D eigenvalue weighted by Gasteiger charge is -2.26. The first-order chi connectivity index (χ1) is 8.18. The van der Waals surface area contributed by atoms with Gasteiger partial charge in [-0.05, 0) is 18.9 Å². The Morgan fingerprint density at radius 3 is 2.53 bits per heavy atom. The molecule has 1 heterocycles. The van der Waals surface area contributed by atoms with Crippen molar-refractivity contribution in [3.63, 3.8) is 0 Å². The Kier molecular flexibility index (Phi) is 4.51. The van der Waals surface area contributed by atoms with Gasteiger partial charge in [-0.1, -0.05) is 25.7 Å². The molecule has 0 radical (unpaired) electrons. The summed E-state index contributed by atoms with van der Waals surface area (Å²) in [5, 5.41) is 1.91. The van der Waals surface area contributed by atoms with E-state index in [1.807, 2.05) is 23.4 Å². The van der Waals surface area contributed by atoms with Gasteiger partial charge in [-0.3, -0.25) is 4.79 Å². The maximum Gasteiger partial charge on any atom is 0.263 e. The summed E-state index contributed by atoms with van der Waals surface area (Å²) >= 11 is 5.74. The van der Waals surface area contributed by atoms with Gasteiger partial charge in [0.1, 0.15) is 0 Å². The number of carbonyl (C=O) groups excluding carboxylic acids is 1. The minimum atomic E-state index is 0.155. The van der Waals surface area contributed by atoms with E-state index in [0.717, 1.165) is 22.6 Å². The first-order valence-corrected chi connectivity index (χ1v) is 7.56. The van der Waals surface area contributed by atoms with Crippen molar-refractivity contribution in [3.05, 3.63) is 16.3 Å². The van der Waals surface area contributed by atoms with Gasteiger partial charge in [0.05, 0.1) is 4.88 Å². The van der Waals surface area contributed by atoms with Gasteiger partial charge in [0.2, 0.25) is 0 Å². The van der Waals surface area contributed by atoms with Crippen LogP contribution in [0.3, 0.4) is 0 Å². The van der Waals surface area contributed by atoms with E-state index in [1.165, 1.54) is 37.0 Å². The molecule has 2 rings (SSSR count). The monoisotopic (exact) mass is 269 g/mol. The minimum Gasteiger partial charge on any atom is -0.338 e. The van der Waals surface area contributed by atoms with Crippen molar-refractivity contribution < 1.29 is 4.79 Å². The van der Waals surface area contributed by atoms with E-state index < -0.39 is 0 Å². The van der Waals surface area contributed by atoms with Crippen LogP contribution < -0.4 is 0 Å². The van der Waals surface area contributed by atoms with Crippen molar-refractivity contribution in [2.75, 3.05) is 7.05 Å². The zero-order chi connectivity index (χ0) is 12.3. The number of hydrogen-bond acceptors (Lipinski definition) is 3. The smallest absolute Gasteiger partial charge is 0.263 e. The lowest BCUT2D eigenvalue weighted by molar-refractivity contribution is 0.0722. The molecule has 0 bridgehead atoms. The van der Waals surface area contributed by atoms with Crippen molar-refractivity contribution in [1.82, 2.24) is 4.90 Å². The highest BCUT2D eigenvalue weighted by Gasteiger charge is 2.22. The number of carbonyl (C=O) groups is 1. The van der Waals surface area contributed by atoms with Gasteiger partial charge in [-0.25, -0.2) is 0 Å².